The van der Waals surface area contributed by atoms with Gasteiger partial charge in [0.1, 0.15) is 20.1 Å². The first-order valence-corrected chi connectivity index (χ1v) is 8.09. The fourth-order valence-corrected chi connectivity index (χ4v) is 3.48. The van der Waals surface area contributed by atoms with Gasteiger partial charge in [-0.15, -0.1) is 0 Å². The van der Waals surface area contributed by atoms with E-state index in [2.05, 4.69) is 6.92 Å². The molecular formula is C14H22NO3S+. The molecule has 5 heteroatoms. The van der Waals surface area contributed by atoms with Gasteiger partial charge in [0.2, 0.25) is 0 Å². The first kappa shape index (κ1) is 14.5. The topological polar surface area (TPSA) is 43.4 Å². The molecule has 0 aliphatic carbocycles. The van der Waals surface area contributed by atoms with Crippen molar-refractivity contribution >= 4 is 10.1 Å². The normalized spacial score (nSPS) is 28.3. The van der Waals surface area contributed by atoms with E-state index in [1.54, 1.807) is 24.3 Å². The molecule has 1 aliphatic rings. The molecule has 1 saturated heterocycles. The van der Waals surface area contributed by atoms with Crippen LogP contribution in [0.1, 0.15) is 25.3 Å². The number of likely N-dealkylation sites (tertiary alicyclic amines) is 1. The second kappa shape index (κ2) is 5.23. The van der Waals surface area contributed by atoms with E-state index in [-0.39, 0.29) is 9.54 Å². The summed E-state index contributed by atoms with van der Waals surface area (Å²) in [4.78, 5) is 0.232. The van der Waals surface area contributed by atoms with Crippen LogP contribution in [0.15, 0.2) is 29.2 Å². The Kier molecular flexibility index (Phi) is 3.99. The van der Waals surface area contributed by atoms with Crippen molar-refractivity contribution in [1.82, 2.24) is 0 Å². The zero-order valence-electron chi connectivity index (χ0n) is 11.8. The monoisotopic (exact) mass is 284 g/mol. The molecule has 0 radical (unpaired) electrons. The van der Waals surface area contributed by atoms with Crippen LogP contribution in [0.4, 0.5) is 0 Å². The maximum absolute atomic E-state index is 12.3. The van der Waals surface area contributed by atoms with Gasteiger partial charge in [0.25, 0.3) is 0 Å². The van der Waals surface area contributed by atoms with Crippen LogP contribution in [0.25, 0.3) is 0 Å². The number of aryl methyl sites for hydroxylation is 1. The summed E-state index contributed by atoms with van der Waals surface area (Å²) in [5.74, 6) is 0.650. The Labute approximate surface area is 115 Å². The number of hydrogen-bond donors (Lipinski definition) is 0. The van der Waals surface area contributed by atoms with Crippen LogP contribution in [0.2, 0.25) is 0 Å². The summed E-state index contributed by atoms with van der Waals surface area (Å²) in [6.45, 7) is 5.60. The van der Waals surface area contributed by atoms with Crippen LogP contribution < -0.4 is 0 Å². The summed E-state index contributed by atoms with van der Waals surface area (Å²) in [6, 6.07) is 6.77. The number of benzene rings is 1. The van der Waals surface area contributed by atoms with E-state index in [1.807, 2.05) is 14.0 Å². The lowest BCUT2D eigenvalue weighted by atomic mass is 9.99. The third-order valence-electron chi connectivity index (χ3n) is 3.78. The van der Waals surface area contributed by atoms with Gasteiger partial charge in [-0.25, -0.2) is 0 Å². The van der Waals surface area contributed by atoms with Gasteiger partial charge in [-0.2, -0.15) is 13.1 Å². The molecule has 2 rings (SSSR count). The molecule has 1 aliphatic heterocycles. The van der Waals surface area contributed by atoms with E-state index < -0.39 is 10.1 Å². The summed E-state index contributed by atoms with van der Waals surface area (Å²) < 4.78 is 30.1. The zero-order chi connectivity index (χ0) is 14.1. The molecule has 4 nitrogen and oxygen atoms in total. The first-order valence-electron chi connectivity index (χ1n) is 6.68. The zero-order valence-corrected chi connectivity index (χ0v) is 12.6. The van der Waals surface area contributed by atoms with Gasteiger partial charge < -0.3 is 0 Å². The number of hydroxylamine groups is 3. The largest absolute Gasteiger partial charge is 0.342 e. The van der Waals surface area contributed by atoms with E-state index >= 15 is 0 Å². The van der Waals surface area contributed by atoms with Gasteiger partial charge in [-0.05, 0) is 25.0 Å². The minimum absolute atomic E-state index is 0.153. The molecule has 0 bridgehead atoms. The summed E-state index contributed by atoms with van der Waals surface area (Å²) in [7, 11) is -1.84. The van der Waals surface area contributed by atoms with Gasteiger partial charge in [-0.1, -0.05) is 28.9 Å². The van der Waals surface area contributed by atoms with Crippen molar-refractivity contribution in [3.63, 3.8) is 0 Å². The second-order valence-corrected chi connectivity index (χ2v) is 7.30. The van der Waals surface area contributed by atoms with Crippen LogP contribution in [0.3, 0.4) is 0 Å². The van der Waals surface area contributed by atoms with Crippen LogP contribution in [-0.2, 0) is 14.4 Å². The lowest BCUT2D eigenvalue weighted by Gasteiger charge is -2.35. The number of hydrogen-bond acceptors (Lipinski definition) is 3. The molecule has 0 spiro atoms. The van der Waals surface area contributed by atoms with Gasteiger partial charge in [0.05, 0.1) is 4.90 Å². The maximum atomic E-state index is 12.3. The van der Waals surface area contributed by atoms with E-state index in [1.165, 1.54) is 0 Å². The predicted molar refractivity (Wildman–Crippen MR) is 73.8 cm³/mol. The van der Waals surface area contributed by atoms with Gasteiger partial charge in [0, 0.05) is 12.8 Å². The van der Waals surface area contributed by atoms with Crippen molar-refractivity contribution in [3.8, 4) is 0 Å². The quantitative estimate of drug-likeness (QED) is 0.801. The Balaban J connectivity index is 2.15. The molecule has 1 aromatic carbocycles. The van der Waals surface area contributed by atoms with Crippen molar-refractivity contribution in [2.75, 3.05) is 20.1 Å². The average Bonchev–Trinajstić information content (AvgIpc) is 2.33. The molecular weight excluding hydrogens is 262 g/mol. The third kappa shape index (κ3) is 3.55. The molecule has 106 valence electrons. The molecule has 0 saturated carbocycles. The molecule has 0 aromatic heterocycles. The number of nitrogens with zero attached hydrogens (tertiary/aromatic N) is 1. The smallest absolute Gasteiger partial charge is 0.189 e. The highest BCUT2D eigenvalue weighted by molar-refractivity contribution is 7.86. The van der Waals surface area contributed by atoms with E-state index in [0.29, 0.717) is 5.92 Å². The van der Waals surface area contributed by atoms with Crippen molar-refractivity contribution in [2.24, 2.45) is 5.92 Å². The highest BCUT2D eigenvalue weighted by atomic mass is 32.2. The Bertz CT molecular complexity index is 528. The number of quaternary nitrogens is 1. The lowest BCUT2D eigenvalue weighted by Crippen LogP contribution is -2.50. The number of piperidine rings is 1. The highest BCUT2D eigenvalue weighted by Crippen LogP contribution is 2.25. The van der Waals surface area contributed by atoms with Crippen molar-refractivity contribution in [2.45, 2.75) is 31.6 Å². The molecule has 19 heavy (non-hydrogen) atoms. The average molecular weight is 284 g/mol. The summed E-state index contributed by atoms with van der Waals surface area (Å²) in [5, 5.41) is 0. The third-order valence-corrected chi connectivity index (χ3v) is 5.18. The lowest BCUT2D eigenvalue weighted by molar-refractivity contribution is -1.07. The summed E-state index contributed by atoms with van der Waals surface area (Å²) >= 11 is 0. The fraction of sp³-hybridized carbons (Fsp3) is 0.571. The number of rotatable bonds is 3. The van der Waals surface area contributed by atoms with Crippen LogP contribution in [0, 0.1) is 12.8 Å². The van der Waals surface area contributed by atoms with Gasteiger partial charge in [0.15, 0.2) is 0 Å². The van der Waals surface area contributed by atoms with Crippen LogP contribution >= 0.6 is 0 Å². The molecule has 0 amide bonds. The fourth-order valence-electron chi connectivity index (χ4n) is 2.30. The van der Waals surface area contributed by atoms with E-state index in [0.717, 1.165) is 31.5 Å². The minimum Gasteiger partial charge on any atom is -0.189 e. The maximum Gasteiger partial charge on any atom is 0.342 e. The van der Waals surface area contributed by atoms with Crippen LogP contribution in [-0.4, -0.2) is 33.2 Å². The van der Waals surface area contributed by atoms with E-state index in [9.17, 15) is 8.42 Å². The molecule has 0 unspecified atom stereocenters. The highest BCUT2D eigenvalue weighted by Gasteiger charge is 2.36. The molecule has 1 fully saturated rings. The summed E-state index contributed by atoms with van der Waals surface area (Å²) in [6.07, 6.45) is 2.00. The minimum atomic E-state index is -3.68. The molecule has 1 aromatic rings. The van der Waals surface area contributed by atoms with E-state index in [4.69, 9.17) is 4.28 Å². The van der Waals surface area contributed by atoms with Gasteiger partial charge >= 0.3 is 10.1 Å². The summed E-state index contributed by atoms with van der Waals surface area (Å²) in [5.41, 5.74) is 1.03. The van der Waals surface area contributed by atoms with Gasteiger partial charge in [-0.3, -0.25) is 0 Å². The molecule has 1 heterocycles. The van der Waals surface area contributed by atoms with Crippen molar-refractivity contribution in [3.05, 3.63) is 29.8 Å². The Morgan fingerprint density at radius 2 is 1.68 bits per heavy atom. The Morgan fingerprint density at radius 1 is 1.16 bits per heavy atom. The SMILES string of the molecule is Cc1ccc(S(=O)(=O)O[N+]2(C)CCC(C)CC2)cc1. The standard InChI is InChI=1S/C14H22NO3S/c1-12-4-6-14(7-5-12)19(16,17)18-15(3)10-8-13(2)9-11-15/h4-7,13H,8-11H2,1-3H3/q+1. The van der Waals surface area contributed by atoms with Crippen LogP contribution in [0.5, 0.6) is 0 Å². The first-order chi connectivity index (χ1) is 8.81. The van der Waals surface area contributed by atoms with Crippen molar-refractivity contribution < 1.29 is 17.3 Å². The Hall–Kier alpha value is -0.910. The molecule has 0 atom stereocenters. The second-order valence-electron chi connectivity index (χ2n) is 5.77. The molecule has 0 N–H and O–H groups in total. The Morgan fingerprint density at radius 3 is 2.21 bits per heavy atom. The predicted octanol–water partition coefficient (Wildman–Crippen LogP) is 2.49. The van der Waals surface area contributed by atoms with Crippen molar-refractivity contribution in [1.29, 1.82) is 0 Å².